The molecule has 0 spiro atoms. The number of nitrogen functional groups attached to an aromatic ring is 2. The van der Waals surface area contributed by atoms with Crippen LogP contribution in [0, 0.1) is 0 Å². The summed E-state index contributed by atoms with van der Waals surface area (Å²) in [4.78, 5) is 17.0. The number of nitrogens with one attached hydrogen (secondary N) is 2. The van der Waals surface area contributed by atoms with Gasteiger partial charge in [0, 0.05) is 12.6 Å². The Kier molecular flexibility index (Phi) is 3.44. The summed E-state index contributed by atoms with van der Waals surface area (Å²) in [5, 5.41) is 11.8. The SMILES string of the molecule is CCNc1nc(Sc2nc(N)cc(N)n2)c2cn[nH]c2n1. The first-order chi connectivity index (χ1) is 10.2. The number of fused-ring (bicyclic) bond motifs is 1. The number of H-pyrrole nitrogens is 1. The average Bonchev–Trinajstić information content (AvgIpc) is 2.86. The van der Waals surface area contributed by atoms with Crippen molar-refractivity contribution in [3.05, 3.63) is 12.3 Å². The second kappa shape index (κ2) is 5.40. The van der Waals surface area contributed by atoms with Crippen molar-refractivity contribution in [2.75, 3.05) is 23.3 Å². The topological polar surface area (TPSA) is 144 Å². The van der Waals surface area contributed by atoms with Crippen molar-refractivity contribution in [2.24, 2.45) is 0 Å². The Bertz CT molecular complexity index is 764. The van der Waals surface area contributed by atoms with E-state index >= 15 is 0 Å². The van der Waals surface area contributed by atoms with E-state index in [2.05, 4.69) is 35.5 Å². The van der Waals surface area contributed by atoms with Crippen molar-refractivity contribution >= 4 is 40.4 Å². The maximum absolute atomic E-state index is 5.68. The Balaban J connectivity index is 2.04. The third-order valence-corrected chi connectivity index (χ3v) is 3.41. The van der Waals surface area contributed by atoms with Crippen LogP contribution in [0.5, 0.6) is 0 Å². The molecular weight excluding hydrogens is 290 g/mol. The molecule has 0 radical (unpaired) electrons. The first-order valence-corrected chi connectivity index (χ1v) is 7.00. The van der Waals surface area contributed by atoms with E-state index in [4.69, 9.17) is 11.5 Å². The molecule has 3 aromatic heterocycles. The Morgan fingerprint density at radius 3 is 2.67 bits per heavy atom. The number of nitrogens with zero attached hydrogens (tertiary/aromatic N) is 5. The summed E-state index contributed by atoms with van der Waals surface area (Å²) >= 11 is 1.26. The summed E-state index contributed by atoms with van der Waals surface area (Å²) in [7, 11) is 0. The normalized spacial score (nSPS) is 10.9. The highest BCUT2D eigenvalue weighted by molar-refractivity contribution is 7.99. The standard InChI is InChI=1S/C11H13N9S/c1-2-14-10-18-8-5(4-15-20-8)9(19-10)21-11-16-6(12)3-7(13)17-11/h3-4H,2H2,1H3,(H4,12,13,16,17)(H2,14,15,18,19,20). The molecule has 0 aliphatic carbocycles. The molecule has 108 valence electrons. The molecule has 0 unspecified atom stereocenters. The Hall–Kier alpha value is -2.62. The molecule has 0 saturated heterocycles. The number of anilines is 3. The molecular formula is C11H13N9S. The van der Waals surface area contributed by atoms with Crippen LogP contribution in [0.25, 0.3) is 11.0 Å². The van der Waals surface area contributed by atoms with Gasteiger partial charge >= 0.3 is 0 Å². The molecule has 3 heterocycles. The van der Waals surface area contributed by atoms with Gasteiger partial charge in [0.15, 0.2) is 10.8 Å². The lowest BCUT2D eigenvalue weighted by Gasteiger charge is -2.06. The van der Waals surface area contributed by atoms with E-state index in [0.717, 1.165) is 5.39 Å². The molecule has 0 aliphatic heterocycles. The minimum Gasteiger partial charge on any atom is -0.383 e. The van der Waals surface area contributed by atoms with Gasteiger partial charge in [-0.2, -0.15) is 10.1 Å². The maximum Gasteiger partial charge on any atom is 0.225 e. The van der Waals surface area contributed by atoms with Crippen LogP contribution in [-0.2, 0) is 0 Å². The Morgan fingerprint density at radius 2 is 1.95 bits per heavy atom. The van der Waals surface area contributed by atoms with Crippen molar-refractivity contribution < 1.29 is 0 Å². The van der Waals surface area contributed by atoms with Crippen molar-refractivity contribution in [1.29, 1.82) is 0 Å². The van der Waals surface area contributed by atoms with Crippen LogP contribution >= 0.6 is 11.8 Å². The Morgan fingerprint density at radius 1 is 1.19 bits per heavy atom. The lowest BCUT2D eigenvalue weighted by Crippen LogP contribution is -2.03. The van der Waals surface area contributed by atoms with Gasteiger partial charge in [-0.3, -0.25) is 5.10 Å². The fraction of sp³-hybridized carbons (Fsp3) is 0.182. The predicted octanol–water partition coefficient (Wildman–Crippen LogP) is 0.890. The van der Waals surface area contributed by atoms with E-state index in [1.54, 1.807) is 6.20 Å². The monoisotopic (exact) mass is 303 g/mol. The van der Waals surface area contributed by atoms with Gasteiger partial charge in [-0.25, -0.2) is 15.0 Å². The van der Waals surface area contributed by atoms with E-state index in [0.29, 0.717) is 40.0 Å². The fourth-order valence-electron chi connectivity index (χ4n) is 1.72. The van der Waals surface area contributed by atoms with Gasteiger partial charge in [0.25, 0.3) is 0 Å². The lowest BCUT2D eigenvalue weighted by atomic mass is 10.4. The van der Waals surface area contributed by atoms with Gasteiger partial charge < -0.3 is 16.8 Å². The number of rotatable bonds is 4. The zero-order chi connectivity index (χ0) is 14.8. The molecule has 3 aromatic rings. The predicted molar refractivity (Wildman–Crippen MR) is 80.8 cm³/mol. The number of aromatic nitrogens is 6. The molecule has 10 heteroatoms. The molecule has 6 N–H and O–H groups in total. The number of aromatic amines is 1. The zero-order valence-corrected chi connectivity index (χ0v) is 12.0. The van der Waals surface area contributed by atoms with Crippen molar-refractivity contribution in [2.45, 2.75) is 17.1 Å². The number of hydrogen-bond donors (Lipinski definition) is 4. The summed E-state index contributed by atoms with van der Waals surface area (Å²) in [6.45, 7) is 2.68. The molecule has 0 amide bonds. The van der Waals surface area contributed by atoms with E-state index in [1.165, 1.54) is 17.8 Å². The van der Waals surface area contributed by atoms with Crippen LogP contribution in [-0.4, -0.2) is 36.7 Å². The summed E-state index contributed by atoms with van der Waals surface area (Å²) < 4.78 is 0. The fourth-order valence-corrected chi connectivity index (χ4v) is 2.58. The van der Waals surface area contributed by atoms with Crippen molar-refractivity contribution in [3.8, 4) is 0 Å². The van der Waals surface area contributed by atoms with Gasteiger partial charge in [-0.15, -0.1) is 0 Å². The van der Waals surface area contributed by atoms with Gasteiger partial charge in [0.05, 0.1) is 11.6 Å². The van der Waals surface area contributed by atoms with Gasteiger partial charge in [0.2, 0.25) is 5.95 Å². The van der Waals surface area contributed by atoms with E-state index in [9.17, 15) is 0 Å². The van der Waals surface area contributed by atoms with Crippen molar-refractivity contribution in [3.63, 3.8) is 0 Å². The second-order valence-corrected chi connectivity index (χ2v) is 5.07. The summed E-state index contributed by atoms with van der Waals surface area (Å²) in [6, 6.07) is 1.50. The van der Waals surface area contributed by atoms with Gasteiger partial charge in [0.1, 0.15) is 16.7 Å². The molecule has 3 rings (SSSR count). The first kappa shape index (κ1) is 13.4. The van der Waals surface area contributed by atoms with Crippen LogP contribution in [0.1, 0.15) is 6.92 Å². The summed E-state index contributed by atoms with van der Waals surface area (Å²) in [5.41, 5.74) is 12.0. The summed E-state index contributed by atoms with van der Waals surface area (Å²) in [5.74, 6) is 1.14. The minimum absolute atomic E-state index is 0.314. The largest absolute Gasteiger partial charge is 0.383 e. The van der Waals surface area contributed by atoms with E-state index in [1.807, 2.05) is 6.92 Å². The molecule has 21 heavy (non-hydrogen) atoms. The third kappa shape index (κ3) is 2.79. The van der Waals surface area contributed by atoms with Crippen LogP contribution < -0.4 is 16.8 Å². The molecule has 0 saturated carbocycles. The lowest BCUT2D eigenvalue weighted by molar-refractivity contribution is 0.975. The van der Waals surface area contributed by atoms with Crippen molar-refractivity contribution in [1.82, 2.24) is 30.1 Å². The van der Waals surface area contributed by atoms with Crippen LogP contribution in [0.15, 0.2) is 22.4 Å². The van der Waals surface area contributed by atoms with Gasteiger partial charge in [-0.1, -0.05) is 0 Å². The van der Waals surface area contributed by atoms with Crippen LogP contribution in [0.2, 0.25) is 0 Å². The smallest absolute Gasteiger partial charge is 0.225 e. The highest BCUT2D eigenvalue weighted by Gasteiger charge is 2.13. The molecule has 0 bridgehead atoms. The molecule has 9 nitrogen and oxygen atoms in total. The number of nitrogens with two attached hydrogens (primary N) is 2. The molecule has 0 aliphatic rings. The molecule has 0 atom stereocenters. The summed E-state index contributed by atoms with van der Waals surface area (Å²) in [6.07, 6.45) is 1.66. The molecule has 0 fully saturated rings. The molecule has 0 aromatic carbocycles. The van der Waals surface area contributed by atoms with E-state index in [-0.39, 0.29) is 0 Å². The highest BCUT2D eigenvalue weighted by Crippen LogP contribution is 2.30. The first-order valence-electron chi connectivity index (χ1n) is 6.18. The maximum atomic E-state index is 5.68. The zero-order valence-electron chi connectivity index (χ0n) is 11.2. The second-order valence-electron chi connectivity index (χ2n) is 4.12. The Labute approximate surface area is 124 Å². The highest BCUT2D eigenvalue weighted by atomic mass is 32.2. The quantitative estimate of drug-likeness (QED) is 0.408. The van der Waals surface area contributed by atoms with Crippen LogP contribution in [0.3, 0.4) is 0 Å². The third-order valence-electron chi connectivity index (χ3n) is 2.54. The van der Waals surface area contributed by atoms with E-state index < -0.39 is 0 Å². The average molecular weight is 303 g/mol. The van der Waals surface area contributed by atoms with Gasteiger partial charge in [-0.05, 0) is 18.7 Å². The van der Waals surface area contributed by atoms with Crippen LogP contribution in [0.4, 0.5) is 17.6 Å². The minimum atomic E-state index is 0.314. The number of hydrogen-bond acceptors (Lipinski definition) is 9.